The summed E-state index contributed by atoms with van der Waals surface area (Å²) in [5.74, 6) is 0.486. The van der Waals surface area contributed by atoms with Gasteiger partial charge in [-0.3, -0.25) is 9.00 Å². The zero-order valence-corrected chi connectivity index (χ0v) is 13.3. The third kappa shape index (κ3) is 4.38. The second-order valence-corrected chi connectivity index (χ2v) is 7.15. The summed E-state index contributed by atoms with van der Waals surface area (Å²) in [6, 6.07) is 10.3. The molecule has 1 atom stereocenters. The molecule has 5 heteroatoms. The van der Waals surface area contributed by atoms with Gasteiger partial charge in [0.05, 0.1) is 0 Å². The maximum atomic E-state index is 11.9. The fraction of sp³-hybridized carbons (Fsp3) is 0.562. The summed E-state index contributed by atoms with van der Waals surface area (Å²) in [5, 5.41) is 2.97. The highest BCUT2D eigenvalue weighted by atomic mass is 32.2. The molecule has 0 saturated carbocycles. The van der Waals surface area contributed by atoms with E-state index in [9.17, 15) is 9.00 Å². The Kier molecular flexibility index (Phi) is 5.94. The highest BCUT2D eigenvalue weighted by molar-refractivity contribution is 7.85. The van der Waals surface area contributed by atoms with Crippen LogP contribution in [0.5, 0.6) is 0 Å². The Balaban J connectivity index is 2.04. The SMILES string of the molecule is CCS(=O)CC(=O)NCC1(c2ccccc2)CCOCC1. The maximum absolute atomic E-state index is 11.9. The zero-order chi connectivity index (χ0) is 15.1. The van der Waals surface area contributed by atoms with E-state index in [1.807, 2.05) is 25.1 Å². The smallest absolute Gasteiger partial charge is 0.232 e. The minimum atomic E-state index is -1.06. The average molecular weight is 309 g/mol. The van der Waals surface area contributed by atoms with Crippen molar-refractivity contribution in [3.63, 3.8) is 0 Å². The maximum Gasteiger partial charge on any atom is 0.232 e. The number of hydrogen-bond acceptors (Lipinski definition) is 3. The van der Waals surface area contributed by atoms with Crippen LogP contribution in [-0.4, -0.2) is 41.4 Å². The van der Waals surface area contributed by atoms with Crippen LogP contribution in [0.1, 0.15) is 25.3 Å². The number of carbonyl (C=O) groups excluding carboxylic acids is 1. The fourth-order valence-electron chi connectivity index (χ4n) is 2.69. The topological polar surface area (TPSA) is 55.4 Å². The van der Waals surface area contributed by atoms with Crippen molar-refractivity contribution in [1.29, 1.82) is 0 Å². The second kappa shape index (κ2) is 7.71. The van der Waals surface area contributed by atoms with Crippen LogP contribution in [-0.2, 0) is 25.7 Å². The molecule has 1 amide bonds. The van der Waals surface area contributed by atoms with E-state index in [1.54, 1.807) is 0 Å². The molecule has 1 saturated heterocycles. The van der Waals surface area contributed by atoms with Crippen LogP contribution in [0.4, 0.5) is 0 Å². The van der Waals surface area contributed by atoms with Gasteiger partial charge in [0.25, 0.3) is 0 Å². The van der Waals surface area contributed by atoms with Crippen LogP contribution in [0.15, 0.2) is 30.3 Å². The van der Waals surface area contributed by atoms with Gasteiger partial charge in [-0.15, -0.1) is 0 Å². The minimum absolute atomic E-state index is 0.0666. The fourth-order valence-corrected chi connectivity index (χ4v) is 3.29. The number of carbonyl (C=O) groups is 1. The van der Waals surface area contributed by atoms with Gasteiger partial charge in [0.15, 0.2) is 0 Å². The molecule has 2 rings (SSSR count). The van der Waals surface area contributed by atoms with Crippen LogP contribution in [0.25, 0.3) is 0 Å². The first-order valence-electron chi connectivity index (χ1n) is 7.41. The van der Waals surface area contributed by atoms with E-state index in [2.05, 4.69) is 17.4 Å². The van der Waals surface area contributed by atoms with Crippen LogP contribution in [0.3, 0.4) is 0 Å². The first-order chi connectivity index (χ1) is 10.2. The van der Waals surface area contributed by atoms with E-state index < -0.39 is 10.8 Å². The summed E-state index contributed by atoms with van der Waals surface area (Å²) in [7, 11) is -1.06. The molecule has 0 aromatic heterocycles. The zero-order valence-electron chi connectivity index (χ0n) is 12.5. The lowest BCUT2D eigenvalue weighted by atomic mass is 9.74. The Morgan fingerprint density at radius 1 is 1.29 bits per heavy atom. The molecule has 0 aliphatic carbocycles. The Morgan fingerprint density at radius 2 is 1.95 bits per heavy atom. The van der Waals surface area contributed by atoms with Crippen LogP contribution < -0.4 is 5.32 Å². The Labute approximate surface area is 128 Å². The van der Waals surface area contributed by atoms with Crippen molar-refractivity contribution in [3.8, 4) is 0 Å². The molecule has 1 aliphatic rings. The number of ether oxygens (including phenoxy) is 1. The lowest BCUT2D eigenvalue weighted by molar-refractivity contribution is -0.119. The van der Waals surface area contributed by atoms with Gasteiger partial charge in [-0.1, -0.05) is 37.3 Å². The number of rotatable bonds is 6. The lowest BCUT2D eigenvalue weighted by Gasteiger charge is -2.38. The van der Waals surface area contributed by atoms with Crippen molar-refractivity contribution in [2.24, 2.45) is 0 Å². The van der Waals surface area contributed by atoms with Crippen molar-refractivity contribution in [2.45, 2.75) is 25.2 Å². The standard InChI is InChI=1S/C16H23NO3S/c1-2-21(19)12-15(18)17-13-16(8-10-20-11-9-16)14-6-4-3-5-7-14/h3-7H,2,8-13H2,1H3,(H,17,18). The second-order valence-electron chi connectivity index (χ2n) is 5.41. The molecule has 1 heterocycles. The summed E-state index contributed by atoms with van der Waals surface area (Å²) in [6.45, 7) is 3.84. The average Bonchev–Trinajstić information content (AvgIpc) is 2.54. The first-order valence-corrected chi connectivity index (χ1v) is 8.90. The van der Waals surface area contributed by atoms with Gasteiger partial charge < -0.3 is 10.1 Å². The summed E-state index contributed by atoms with van der Waals surface area (Å²) < 4.78 is 16.9. The molecule has 116 valence electrons. The van der Waals surface area contributed by atoms with E-state index in [4.69, 9.17) is 4.74 Å². The van der Waals surface area contributed by atoms with Crippen molar-refractivity contribution < 1.29 is 13.7 Å². The van der Waals surface area contributed by atoms with Crippen LogP contribution >= 0.6 is 0 Å². The molecule has 1 aliphatic heterocycles. The van der Waals surface area contributed by atoms with Crippen LogP contribution in [0.2, 0.25) is 0 Å². The Hall–Kier alpha value is -1.20. The van der Waals surface area contributed by atoms with Gasteiger partial charge in [0.1, 0.15) is 5.75 Å². The number of nitrogens with one attached hydrogen (secondary N) is 1. The normalized spacial score (nSPS) is 18.9. The lowest BCUT2D eigenvalue weighted by Crippen LogP contribution is -2.45. The van der Waals surface area contributed by atoms with Crippen molar-refractivity contribution >= 4 is 16.7 Å². The van der Waals surface area contributed by atoms with Gasteiger partial charge >= 0.3 is 0 Å². The molecule has 4 nitrogen and oxygen atoms in total. The first kappa shape index (κ1) is 16.2. The van der Waals surface area contributed by atoms with E-state index in [-0.39, 0.29) is 17.1 Å². The summed E-state index contributed by atoms with van der Waals surface area (Å²) in [4.78, 5) is 11.9. The summed E-state index contributed by atoms with van der Waals surface area (Å²) in [6.07, 6.45) is 1.79. The third-order valence-corrected chi connectivity index (χ3v) is 5.30. The Bertz CT molecular complexity index is 484. The van der Waals surface area contributed by atoms with Gasteiger partial charge in [-0.2, -0.15) is 0 Å². The summed E-state index contributed by atoms with van der Waals surface area (Å²) in [5.41, 5.74) is 1.17. The molecule has 21 heavy (non-hydrogen) atoms. The van der Waals surface area contributed by atoms with E-state index in [0.717, 1.165) is 12.8 Å². The van der Waals surface area contributed by atoms with E-state index >= 15 is 0 Å². The van der Waals surface area contributed by atoms with Gasteiger partial charge in [0, 0.05) is 41.7 Å². The molecule has 0 spiro atoms. The predicted octanol–water partition coefficient (Wildman–Crippen LogP) is 1.62. The van der Waals surface area contributed by atoms with Gasteiger partial charge in [-0.25, -0.2) is 0 Å². The monoisotopic (exact) mass is 309 g/mol. The van der Waals surface area contributed by atoms with Crippen molar-refractivity contribution in [3.05, 3.63) is 35.9 Å². The molecule has 0 radical (unpaired) electrons. The number of hydrogen-bond donors (Lipinski definition) is 1. The largest absolute Gasteiger partial charge is 0.381 e. The van der Waals surface area contributed by atoms with Gasteiger partial charge in [-0.05, 0) is 18.4 Å². The molecule has 1 unspecified atom stereocenters. The van der Waals surface area contributed by atoms with E-state index in [1.165, 1.54) is 5.56 Å². The quantitative estimate of drug-likeness (QED) is 0.869. The minimum Gasteiger partial charge on any atom is -0.381 e. The molecule has 1 aromatic rings. The van der Waals surface area contributed by atoms with Crippen LogP contribution in [0, 0.1) is 0 Å². The Morgan fingerprint density at radius 3 is 2.57 bits per heavy atom. The molecule has 1 fully saturated rings. The highest BCUT2D eigenvalue weighted by Gasteiger charge is 2.34. The molecule has 1 aromatic carbocycles. The number of amides is 1. The predicted molar refractivity (Wildman–Crippen MR) is 84.7 cm³/mol. The summed E-state index contributed by atoms with van der Waals surface area (Å²) >= 11 is 0. The molecular weight excluding hydrogens is 286 g/mol. The molecule has 0 bridgehead atoms. The third-order valence-electron chi connectivity index (χ3n) is 4.07. The van der Waals surface area contributed by atoms with Crippen molar-refractivity contribution in [1.82, 2.24) is 5.32 Å². The van der Waals surface area contributed by atoms with E-state index in [0.29, 0.717) is 25.5 Å². The molecule has 1 N–H and O–H groups in total. The van der Waals surface area contributed by atoms with Gasteiger partial charge in [0.2, 0.25) is 5.91 Å². The highest BCUT2D eigenvalue weighted by Crippen LogP contribution is 2.34. The molecular formula is C16H23NO3S. The van der Waals surface area contributed by atoms with Crippen molar-refractivity contribution in [2.75, 3.05) is 31.3 Å². The number of benzene rings is 1.